The molecule has 2 saturated heterocycles. The molecular weight excluding hydrogens is 308 g/mol. The number of hydrogen-bond donors (Lipinski definition) is 1. The molecule has 2 aliphatic heterocycles. The first kappa shape index (κ1) is 16.8. The Kier molecular flexibility index (Phi) is 5.40. The van der Waals surface area contributed by atoms with Crippen LogP contribution in [0, 0.1) is 5.92 Å². The Bertz CT molecular complexity index is 601. The minimum absolute atomic E-state index is 0.00106. The quantitative estimate of drug-likeness (QED) is 0.896. The average molecular weight is 332 g/mol. The Balaban J connectivity index is 1.61. The fourth-order valence-electron chi connectivity index (χ4n) is 3.40. The van der Waals surface area contributed by atoms with Crippen molar-refractivity contribution in [1.82, 2.24) is 20.2 Å². The lowest BCUT2D eigenvalue weighted by molar-refractivity contribution is -0.130. The number of ether oxygens (including phenoxy) is 1. The van der Waals surface area contributed by atoms with Gasteiger partial charge < -0.3 is 15.0 Å². The zero-order valence-electron chi connectivity index (χ0n) is 14.0. The lowest BCUT2D eigenvalue weighted by Crippen LogP contribution is -2.34. The molecule has 1 N–H and O–H groups in total. The van der Waals surface area contributed by atoms with Crippen LogP contribution < -0.4 is 5.32 Å². The van der Waals surface area contributed by atoms with Crippen LogP contribution in [0.15, 0.2) is 12.4 Å². The maximum atomic E-state index is 12.2. The molecule has 7 heteroatoms. The maximum Gasteiger partial charge on any atom is 0.223 e. The molecule has 2 amide bonds. The van der Waals surface area contributed by atoms with Crippen LogP contribution in [0.4, 0.5) is 0 Å². The molecule has 0 aromatic carbocycles. The number of nitrogens with zero attached hydrogens (tertiary/aromatic N) is 3. The molecule has 0 bridgehead atoms. The van der Waals surface area contributed by atoms with Gasteiger partial charge in [0, 0.05) is 32.6 Å². The highest BCUT2D eigenvalue weighted by Gasteiger charge is 2.29. The molecule has 0 saturated carbocycles. The van der Waals surface area contributed by atoms with Crippen LogP contribution >= 0.6 is 0 Å². The van der Waals surface area contributed by atoms with Crippen molar-refractivity contribution >= 4 is 11.8 Å². The van der Waals surface area contributed by atoms with Crippen LogP contribution in [0.5, 0.6) is 0 Å². The van der Waals surface area contributed by atoms with Crippen LogP contribution in [-0.2, 0) is 20.9 Å². The fourth-order valence-corrected chi connectivity index (χ4v) is 3.40. The van der Waals surface area contributed by atoms with E-state index in [1.165, 1.54) is 0 Å². The van der Waals surface area contributed by atoms with E-state index in [9.17, 15) is 9.59 Å². The first-order valence-corrected chi connectivity index (χ1v) is 8.58. The smallest absolute Gasteiger partial charge is 0.223 e. The largest absolute Gasteiger partial charge is 0.381 e. The van der Waals surface area contributed by atoms with Crippen molar-refractivity contribution in [2.75, 3.05) is 19.8 Å². The van der Waals surface area contributed by atoms with Crippen molar-refractivity contribution in [2.45, 2.75) is 45.2 Å². The van der Waals surface area contributed by atoms with Gasteiger partial charge in [-0.2, -0.15) is 0 Å². The Hall–Kier alpha value is -2.02. The summed E-state index contributed by atoms with van der Waals surface area (Å²) in [6.45, 7) is 4.02. The van der Waals surface area contributed by atoms with Gasteiger partial charge in [0.15, 0.2) is 0 Å². The summed E-state index contributed by atoms with van der Waals surface area (Å²) in [5.74, 6) is 0.146. The molecule has 1 aromatic heterocycles. The molecule has 2 aliphatic rings. The van der Waals surface area contributed by atoms with Crippen LogP contribution in [0.1, 0.15) is 50.0 Å². The predicted octanol–water partition coefficient (Wildman–Crippen LogP) is 1.20. The van der Waals surface area contributed by atoms with Crippen molar-refractivity contribution in [3.05, 3.63) is 23.8 Å². The highest BCUT2D eigenvalue weighted by atomic mass is 16.5. The maximum absolute atomic E-state index is 12.2. The van der Waals surface area contributed by atoms with E-state index in [0.29, 0.717) is 19.8 Å². The van der Waals surface area contributed by atoms with Gasteiger partial charge >= 0.3 is 0 Å². The second kappa shape index (κ2) is 7.70. The standard InChI is InChI=1S/C17H24N4O3/c1-12(22)21-6-2-3-16(21)15-11-18-9-14(20-15)10-19-17(23)13-4-7-24-8-5-13/h9,11,13,16H,2-8,10H2,1H3,(H,19,23). The van der Waals surface area contributed by atoms with Crippen LogP contribution in [0.2, 0.25) is 0 Å². The fraction of sp³-hybridized carbons (Fsp3) is 0.647. The highest BCUT2D eigenvalue weighted by molar-refractivity contribution is 5.78. The van der Waals surface area contributed by atoms with E-state index >= 15 is 0 Å². The average Bonchev–Trinajstić information content (AvgIpc) is 3.11. The number of likely N-dealkylation sites (tertiary alicyclic amines) is 1. The summed E-state index contributed by atoms with van der Waals surface area (Å²) in [7, 11) is 0. The van der Waals surface area contributed by atoms with Crippen molar-refractivity contribution in [2.24, 2.45) is 5.92 Å². The van der Waals surface area contributed by atoms with Crippen molar-refractivity contribution in [1.29, 1.82) is 0 Å². The summed E-state index contributed by atoms with van der Waals surface area (Å²) in [6, 6.07) is 0.00106. The number of carbonyl (C=O) groups excluding carboxylic acids is 2. The zero-order valence-corrected chi connectivity index (χ0v) is 14.0. The van der Waals surface area contributed by atoms with Gasteiger partial charge in [-0.15, -0.1) is 0 Å². The molecule has 0 aliphatic carbocycles. The molecular formula is C17H24N4O3. The molecule has 3 rings (SSSR count). The first-order valence-electron chi connectivity index (χ1n) is 8.58. The number of hydrogen-bond acceptors (Lipinski definition) is 5. The van der Waals surface area contributed by atoms with Gasteiger partial charge in [-0.1, -0.05) is 0 Å². The van der Waals surface area contributed by atoms with E-state index in [2.05, 4.69) is 15.3 Å². The highest BCUT2D eigenvalue weighted by Crippen LogP contribution is 2.30. The molecule has 7 nitrogen and oxygen atoms in total. The minimum Gasteiger partial charge on any atom is -0.381 e. The molecule has 0 radical (unpaired) electrons. The lowest BCUT2D eigenvalue weighted by Gasteiger charge is -2.23. The Morgan fingerprint density at radius 3 is 2.83 bits per heavy atom. The number of nitrogens with one attached hydrogen (secondary N) is 1. The van der Waals surface area contributed by atoms with Gasteiger partial charge in [-0.25, -0.2) is 0 Å². The molecule has 1 atom stereocenters. The molecule has 24 heavy (non-hydrogen) atoms. The Labute approximate surface area is 141 Å². The summed E-state index contributed by atoms with van der Waals surface area (Å²) in [5.41, 5.74) is 1.53. The topological polar surface area (TPSA) is 84.4 Å². The van der Waals surface area contributed by atoms with Gasteiger partial charge in [0.2, 0.25) is 11.8 Å². The van der Waals surface area contributed by atoms with Crippen LogP contribution in [0.3, 0.4) is 0 Å². The second-order valence-corrected chi connectivity index (χ2v) is 6.41. The van der Waals surface area contributed by atoms with E-state index in [-0.39, 0.29) is 23.8 Å². The summed E-state index contributed by atoms with van der Waals surface area (Å²) in [6.07, 6.45) is 6.82. The first-order chi connectivity index (χ1) is 11.6. The predicted molar refractivity (Wildman–Crippen MR) is 86.8 cm³/mol. The van der Waals surface area contributed by atoms with Crippen molar-refractivity contribution in [3.63, 3.8) is 0 Å². The number of aromatic nitrogens is 2. The third-order valence-corrected chi connectivity index (χ3v) is 4.74. The molecule has 1 unspecified atom stereocenters. The Morgan fingerprint density at radius 2 is 2.08 bits per heavy atom. The molecule has 130 valence electrons. The van der Waals surface area contributed by atoms with Gasteiger partial charge in [0.25, 0.3) is 0 Å². The van der Waals surface area contributed by atoms with Gasteiger partial charge in [-0.05, 0) is 25.7 Å². The van der Waals surface area contributed by atoms with Gasteiger partial charge in [0.1, 0.15) is 0 Å². The molecule has 2 fully saturated rings. The van der Waals surface area contributed by atoms with E-state index in [4.69, 9.17) is 4.74 Å². The third kappa shape index (κ3) is 3.90. The van der Waals surface area contributed by atoms with Gasteiger partial charge in [-0.3, -0.25) is 19.6 Å². The van der Waals surface area contributed by atoms with Crippen LogP contribution in [-0.4, -0.2) is 46.4 Å². The summed E-state index contributed by atoms with van der Waals surface area (Å²) >= 11 is 0. The van der Waals surface area contributed by atoms with E-state index in [1.54, 1.807) is 19.3 Å². The van der Waals surface area contributed by atoms with Gasteiger partial charge in [0.05, 0.1) is 36.4 Å². The Morgan fingerprint density at radius 1 is 1.29 bits per heavy atom. The van der Waals surface area contributed by atoms with Crippen molar-refractivity contribution < 1.29 is 14.3 Å². The SMILES string of the molecule is CC(=O)N1CCCC1c1cncc(CNC(=O)C2CCOCC2)n1. The molecule has 0 spiro atoms. The normalized spacial score (nSPS) is 21.7. The number of amides is 2. The third-order valence-electron chi connectivity index (χ3n) is 4.74. The monoisotopic (exact) mass is 332 g/mol. The number of carbonyl (C=O) groups is 2. The summed E-state index contributed by atoms with van der Waals surface area (Å²) in [5, 5.41) is 2.94. The van der Waals surface area contributed by atoms with E-state index in [1.807, 2.05) is 4.90 Å². The van der Waals surface area contributed by atoms with E-state index < -0.39 is 0 Å². The number of rotatable bonds is 4. The minimum atomic E-state index is 0.00106. The zero-order chi connectivity index (χ0) is 16.9. The summed E-state index contributed by atoms with van der Waals surface area (Å²) in [4.78, 5) is 34.6. The molecule has 3 heterocycles. The summed E-state index contributed by atoms with van der Waals surface area (Å²) < 4.78 is 5.28. The molecule has 1 aromatic rings. The second-order valence-electron chi connectivity index (χ2n) is 6.41. The van der Waals surface area contributed by atoms with E-state index in [0.717, 1.165) is 43.6 Å². The van der Waals surface area contributed by atoms with Crippen LogP contribution in [0.25, 0.3) is 0 Å². The van der Waals surface area contributed by atoms with Crippen molar-refractivity contribution in [3.8, 4) is 0 Å². The lowest BCUT2D eigenvalue weighted by atomic mass is 9.99.